The number of nitrogens with zero attached hydrogens (tertiary/aromatic N) is 6. The van der Waals surface area contributed by atoms with E-state index in [0.29, 0.717) is 51.0 Å². The Bertz CT molecular complexity index is 2030. The Morgan fingerprint density at radius 2 is 1.98 bits per heavy atom. The van der Waals surface area contributed by atoms with Crippen LogP contribution >= 0.6 is 23.2 Å². The molecule has 206 valence electrons. The van der Waals surface area contributed by atoms with Gasteiger partial charge in [-0.3, -0.25) is 4.79 Å². The minimum Gasteiger partial charge on any atom is -0.370 e. The standard InChI is InChI=1S/C28H21Cl2FN8O2/c1-13-7-21(28-33-25(26(31)34-28)14-3-5-17-22(9-14)41-36-27(17)32-2)39-20(13)8-15(10-24(39)40)18-11-16(29)4-6-19(18)38-12-23(30)35-37-38/h3-6,8-13,21H,7H2,1-2H3,(H,32,36)(H,33,34)/t13-,21+/m1/s1. The number of benzene rings is 2. The first kappa shape index (κ1) is 25.5. The first-order chi connectivity index (χ1) is 19.8. The average molecular weight is 591 g/mol. The molecule has 0 spiro atoms. The summed E-state index contributed by atoms with van der Waals surface area (Å²) in [4.78, 5) is 21.0. The van der Waals surface area contributed by atoms with Crippen LogP contribution in [0.4, 0.5) is 10.2 Å². The van der Waals surface area contributed by atoms with Gasteiger partial charge in [-0.1, -0.05) is 46.6 Å². The van der Waals surface area contributed by atoms with E-state index in [2.05, 4.69) is 30.8 Å². The largest absolute Gasteiger partial charge is 0.370 e. The first-order valence-electron chi connectivity index (χ1n) is 12.8. The number of pyridine rings is 1. The summed E-state index contributed by atoms with van der Waals surface area (Å²) in [5, 5.41) is 16.4. The van der Waals surface area contributed by atoms with Gasteiger partial charge >= 0.3 is 0 Å². The van der Waals surface area contributed by atoms with E-state index in [1.807, 2.05) is 19.1 Å². The smallest absolute Gasteiger partial charge is 0.252 e. The molecular weight excluding hydrogens is 570 g/mol. The molecule has 5 heterocycles. The van der Waals surface area contributed by atoms with Gasteiger partial charge in [0.05, 0.1) is 23.3 Å². The van der Waals surface area contributed by atoms with Gasteiger partial charge in [-0.15, -0.1) is 5.10 Å². The molecule has 13 heteroatoms. The van der Waals surface area contributed by atoms with Crippen molar-refractivity contribution in [2.45, 2.75) is 25.3 Å². The number of fused-ring (bicyclic) bond motifs is 2. The summed E-state index contributed by atoms with van der Waals surface area (Å²) in [6, 6.07) is 13.6. The van der Waals surface area contributed by atoms with Crippen molar-refractivity contribution in [2.75, 3.05) is 12.4 Å². The van der Waals surface area contributed by atoms with Crippen molar-refractivity contribution in [3.8, 4) is 28.1 Å². The van der Waals surface area contributed by atoms with Crippen LogP contribution in [-0.2, 0) is 0 Å². The lowest BCUT2D eigenvalue weighted by Crippen LogP contribution is -2.24. The molecule has 2 atom stereocenters. The number of aromatic amines is 1. The molecule has 0 fully saturated rings. The van der Waals surface area contributed by atoms with Crippen LogP contribution in [-0.4, -0.2) is 41.7 Å². The Hall–Kier alpha value is -4.48. The second-order valence-corrected chi connectivity index (χ2v) is 10.8. The number of rotatable bonds is 5. The SMILES string of the molecule is CNc1noc2cc(-c3[nH]c([C@@H]4C[C@@H](C)c5cc(-c6cc(Cl)ccc6-n6cc(Cl)nn6)cc(=O)n54)nc3F)ccc12. The minimum absolute atomic E-state index is 0.00165. The van der Waals surface area contributed by atoms with Crippen molar-refractivity contribution in [1.82, 2.24) is 34.7 Å². The van der Waals surface area contributed by atoms with Gasteiger partial charge in [-0.05, 0) is 54.3 Å². The third-order valence-corrected chi connectivity index (χ3v) is 7.87. The van der Waals surface area contributed by atoms with Gasteiger partial charge in [-0.25, -0.2) is 9.67 Å². The fraction of sp³-hybridized carbons (Fsp3) is 0.179. The lowest BCUT2D eigenvalue weighted by atomic mass is 9.99. The molecule has 0 amide bonds. The predicted molar refractivity (Wildman–Crippen MR) is 153 cm³/mol. The van der Waals surface area contributed by atoms with Crippen LogP contribution < -0.4 is 10.9 Å². The van der Waals surface area contributed by atoms with Crippen molar-refractivity contribution in [3.63, 3.8) is 0 Å². The lowest BCUT2D eigenvalue weighted by molar-refractivity contribution is 0.460. The zero-order chi connectivity index (χ0) is 28.4. The number of hydrogen-bond acceptors (Lipinski definition) is 7. The summed E-state index contributed by atoms with van der Waals surface area (Å²) >= 11 is 12.3. The summed E-state index contributed by atoms with van der Waals surface area (Å²) in [7, 11) is 1.75. The molecule has 4 aromatic heterocycles. The molecule has 1 aliphatic rings. The van der Waals surface area contributed by atoms with E-state index < -0.39 is 12.0 Å². The Labute approximate surface area is 241 Å². The number of anilines is 1. The van der Waals surface area contributed by atoms with Crippen molar-refractivity contribution < 1.29 is 8.91 Å². The van der Waals surface area contributed by atoms with Gasteiger partial charge in [0.1, 0.15) is 11.5 Å². The van der Waals surface area contributed by atoms with Crippen LogP contribution in [0.1, 0.15) is 36.8 Å². The summed E-state index contributed by atoms with van der Waals surface area (Å²) < 4.78 is 23.8. The molecule has 0 aliphatic carbocycles. The molecular formula is C28H21Cl2FN8O2. The van der Waals surface area contributed by atoms with Crippen molar-refractivity contribution in [3.05, 3.63) is 92.7 Å². The molecule has 41 heavy (non-hydrogen) atoms. The highest BCUT2D eigenvalue weighted by Crippen LogP contribution is 2.40. The molecule has 10 nitrogen and oxygen atoms in total. The number of halogens is 3. The van der Waals surface area contributed by atoms with Gasteiger partial charge < -0.3 is 19.4 Å². The monoisotopic (exact) mass is 590 g/mol. The van der Waals surface area contributed by atoms with E-state index >= 15 is 4.39 Å². The Kier molecular flexibility index (Phi) is 5.95. The highest BCUT2D eigenvalue weighted by atomic mass is 35.5. The summed E-state index contributed by atoms with van der Waals surface area (Å²) in [6.45, 7) is 2.03. The zero-order valence-corrected chi connectivity index (χ0v) is 23.2. The van der Waals surface area contributed by atoms with Gasteiger partial charge in [0.2, 0.25) is 5.95 Å². The van der Waals surface area contributed by atoms with Crippen LogP contribution in [0, 0.1) is 5.95 Å². The maximum Gasteiger partial charge on any atom is 0.252 e. The Morgan fingerprint density at radius 1 is 1.12 bits per heavy atom. The molecule has 0 saturated heterocycles. The van der Waals surface area contributed by atoms with Crippen molar-refractivity contribution in [1.29, 1.82) is 0 Å². The second kappa shape index (κ2) is 9.57. The number of aromatic nitrogens is 7. The molecule has 2 N–H and O–H groups in total. The predicted octanol–water partition coefficient (Wildman–Crippen LogP) is 6.21. The molecule has 6 aromatic rings. The maximum atomic E-state index is 15.2. The van der Waals surface area contributed by atoms with E-state index in [1.165, 1.54) is 4.68 Å². The van der Waals surface area contributed by atoms with Crippen LogP contribution in [0.5, 0.6) is 0 Å². The number of imidazole rings is 1. The molecule has 2 aromatic carbocycles. The second-order valence-electron chi connectivity index (χ2n) is 9.96. The minimum atomic E-state index is -0.659. The molecule has 0 unspecified atom stereocenters. The summed E-state index contributed by atoms with van der Waals surface area (Å²) in [5.74, 6) is 0.307. The molecule has 0 saturated carbocycles. The Morgan fingerprint density at radius 3 is 2.76 bits per heavy atom. The van der Waals surface area contributed by atoms with Crippen molar-refractivity contribution >= 4 is 40.0 Å². The molecule has 1 aliphatic heterocycles. The van der Waals surface area contributed by atoms with Gasteiger partial charge in [0.15, 0.2) is 16.6 Å². The average Bonchev–Trinajstić information content (AvgIpc) is 3.74. The fourth-order valence-corrected chi connectivity index (χ4v) is 5.85. The van der Waals surface area contributed by atoms with Crippen LogP contribution in [0.25, 0.3) is 39.0 Å². The van der Waals surface area contributed by atoms with E-state index in [-0.39, 0.29) is 22.3 Å². The van der Waals surface area contributed by atoms with E-state index in [0.717, 1.165) is 11.1 Å². The van der Waals surface area contributed by atoms with E-state index in [9.17, 15) is 4.79 Å². The highest BCUT2D eigenvalue weighted by molar-refractivity contribution is 6.31. The number of H-pyrrole nitrogens is 1. The molecule has 0 radical (unpaired) electrons. The van der Waals surface area contributed by atoms with E-state index in [4.69, 9.17) is 27.7 Å². The topological polar surface area (TPSA) is 119 Å². The third kappa shape index (κ3) is 4.20. The molecule has 0 bridgehead atoms. The van der Waals surface area contributed by atoms with E-state index in [1.54, 1.807) is 54.2 Å². The van der Waals surface area contributed by atoms with Gasteiger partial charge in [-0.2, -0.15) is 4.39 Å². The molecule has 7 rings (SSSR count). The van der Waals surface area contributed by atoms with Crippen LogP contribution in [0.15, 0.2) is 64.0 Å². The number of nitrogens with one attached hydrogen (secondary N) is 2. The third-order valence-electron chi connectivity index (χ3n) is 7.46. The first-order valence-corrected chi connectivity index (χ1v) is 13.5. The lowest BCUT2D eigenvalue weighted by Gasteiger charge is -2.15. The van der Waals surface area contributed by atoms with Crippen molar-refractivity contribution in [2.24, 2.45) is 0 Å². The van der Waals surface area contributed by atoms with Crippen LogP contribution in [0.3, 0.4) is 0 Å². The summed E-state index contributed by atoms with van der Waals surface area (Å²) in [5.41, 5.74) is 3.89. The zero-order valence-electron chi connectivity index (χ0n) is 21.7. The summed E-state index contributed by atoms with van der Waals surface area (Å²) in [6.07, 6.45) is 2.15. The quantitative estimate of drug-likeness (QED) is 0.245. The fourth-order valence-electron chi connectivity index (χ4n) is 5.56. The Balaban J connectivity index is 1.29. The maximum absolute atomic E-state index is 15.2. The van der Waals surface area contributed by atoms with Gasteiger partial charge in [0.25, 0.3) is 5.56 Å². The normalized spacial score (nSPS) is 16.4. The highest BCUT2D eigenvalue weighted by Gasteiger charge is 2.34. The van der Waals surface area contributed by atoms with Crippen LogP contribution in [0.2, 0.25) is 10.2 Å². The van der Waals surface area contributed by atoms with Gasteiger partial charge in [0, 0.05) is 35.0 Å². The number of hydrogen-bond donors (Lipinski definition) is 2.